The summed E-state index contributed by atoms with van der Waals surface area (Å²) in [4.78, 5) is 26.4. The first-order valence-electron chi connectivity index (χ1n) is 8.17. The fourth-order valence-electron chi connectivity index (χ4n) is 3.42. The Kier molecular flexibility index (Phi) is 3.72. The van der Waals surface area contributed by atoms with Crippen molar-refractivity contribution in [1.82, 2.24) is 10.2 Å². The second-order valence-electron chi connectivity index (χ2n) is 7.53. The molecule has 2 saturated carbocycles. The van der Waals surface area contributed by atoms with Gasteiger partial charge < -0.3 is 15.3 Å². The molecule has 0 aromatic heterocycles. The molecule has 21 heavy (non-hydrogen) atoms. The minimum absolute atomic E-state index is 0.0493. The van der Waals surface area contributed by atoms with Crippen molar-refractivity contribution in [1.29, 1.82) is 0 Å². The van der Waals surface area contributed by atoms with E-state index in [0.29, 0.717) is 13.0 Å². The van der Waals surface area contributed by atoms with Crippen LogP contribution in [0.4, 0.5) is 0 Å². The molecule has 2 aliphatic carbocycles. The van der Waals surface area contributed by atoms with Crippen LogP contribution in [0.1, 0.15) is 46.0 Å². The first kappa shape index (κ1) is 14.8. The van der Waals surface area contributed by atoms with E-state index in [4.69, 9.17) is 0 Å². The van der Waals surface area contributed by atoms with Gasteiger partial charge in [0.2, 0.25) is 11.8 Å². The molecule has 3 unspecified atom stereocenters. The van der Waals surface area contributed by atoms with Crippen molar-refractivity contribution in [2.24, 2.45) is 17.3 Å². The third kappa shape index (κ3) is 2.80. The maximum absolute atomic E-state index is 12.4. The van der Waals surface area contributed by atoms with Crippen LogP contribution in [-0.4, -0.2) is 47.1 Å². The number of nitrogens with zero attached hydrogens (tertiary/aromatic N) is 1. The van der Waals surface area contributed by atoms with Crippen LogP contribution in [0, 0.1) is 17.3 Å². The zero-order valence-corrected chi connectivity index (χ0v) is 13.0. The van der Waals surface area contributed by atoms with E-state index in [1.54, 1.807) is 0 Å². The molecule has 0 spiro atoms. The number of aliphatic hydroxyl groups excluding tert-OH is 1. The molecule has 1 aliphatic heterocycles. The molecule has 3 fully saturated rings. The number of hydrogen-bond donors (Lipinski definition) is 2. The zero-order chi connectivity index (χ0) is 15.2. The topological polar surface area (TPSA) is 69.6 Å². The fraction of sp³-hybridized carbons (Fsp3) is 0.875. The quantitative estimate of drug-likeness (QED) is 0.813. The van der Waals surface area contributed by atoms with Gasteiger partial charge in [-0.2, -0.15) is 0 Å². The van der Waals surface area contributed by atoms with Crippen LogP contribution >= 0.6 is 0 Å². The molecule has 3 atom stereocenters. The first-order chi connectivity index (χ1) is 9.89. The van der Waals surface area contributed by atoms with Gasteiger partial charge in [0.15, 0.2) is 0 Å². The average molecular weight is 294 g/mol. The van der Waals surface area contributed by atoms with Crippen molar-refractivity contribution in [2.75, 3.05) is 13.1 Å². The number of amides is 2. The number of aliphatic hydroxyl groups is 1. The highest BCUT2D eigenvalue weighted by Crippen LogP contribution is 2.40. The molecule has 0 aromatic rings. The lowest BCUT2D eigenvalue weighted by Crippen LogP contribution is -2.62. The van der Waals surface area contributed by atoms with E-state index in [1.165, 1.54) is 0 Å². The van der Waals surface area contributed by atoms with Gasteiger partial charge in [-0.05, 0) is 32.1 Å². The van der Waals surface area contributed by atoms with E-state index in [0.717, 1.165) is 32.2 Å². The summed E-state index contributed by atoms with van der Waals surface area (Å²) < 4.78 is 0. The fourth-order valence-corrected chi connectivity index (χ4v) is 3.42. The Hall–Kier alpha value is -1.10. The molecule has 1 saturated heterocycles. The Morgan fingerprint density at radius 2 is 1.90 bits per heavy atom. The first-order valence-corrected chi connectivity index (χ1v) is 8.17. The molecule has 5 heteroatoms. The highest BCUT2D eigenvalue weighted by molar-refractivity contribution is 5.83. The van der Waals surface area contributed by atoms with E-state index in [-0.39, 0.29) is 41.2 Å². The highest BCUT2D eigenvalue weighted by Gasteiger charge is 2.48. The van der Waals surface area contributed by atoms with Gasteiger partial charge in [-0.25, -0.2) is 0 Å². The maximum Gasteiger partial charge on any atom is 0.225 e. The average Bonchev–Trinajstić information content (AvgIpc) is 3.31. The monoisotopic (exact) mass is 294 g/mol. The molecular formula is C16H26N2O3. The summed E-state index contributed by atoms with van der Waals surface area (Å²) in [6.45, 7) is 5.33. The van der Waals surface area contributed by atoms with Crippen molar-refractivity contribution >= 4 is 11.8 Å². The molecule has 2 amide bonds. The van der Waals surface area contributed by atoms with Gasteiger partial charge in [0.1, 0.15) is 0 Å². The van der Waals surface area contributed by atoms with Crippen LogP contribution in [0.15, 0.2) is 0 Å². The van der Waals surface area contributed by atoms with Crippen LogP contribution in [0.2, 0.25) is 0 Å². The predicted molar refractivity (Wildman–Crippen MR) is 78.4 cm³/mol. The number of hydrogen-bond acceptors (Lipinski definition) is 3. The van der Waals surface area contributed by atoms with Gasteiger partial charge >= 0.3 is 0 Å². The Labute approximate surface area is 126 Å². The van der Waals surface area contributed by atoms with E-state index >= 15 is 0 Å². The maximum atomic E-state index is 12.4. The molecule has 2 N–H and O–H groups in total. The zero-order valence-electron chi connectivity index (χ0n) is 13.0. The van der Waals surface area contributed by atoms with Crippen molar-refractivity contribution in [3.05, 3.63) is 0 Å². The highest BCUT2D eigenvalue weighted by atomic mass is 16.3. The Bertz CT molecular complexity index is 445. The molecule has 1 heterocycles. The van der Waals surface area contributed by atoms with Crippen molar-refractivity contribution < 1.29 is 14.7 Å². The predicted octanol–water partition coefficient (Wildman–Crippen LogP) is 0.911. The summed E-state index contributed by atoms with van der Waals surface area (Å²) >= 11 is 0. The van der Waals surface area contributed by atoms with Crippen LogP contribution in [0.25, 0.3) is 0 Å². The summed E-state index contributed by atoms with van der Waals surface area (Å²) in [7, 11) is 0. The summed E-state index contributed by atoms with van der Waals surface area (Å²) in [5, 5.41) is 12.8. The van der Waals surface area contributed by atoms with E-state index in [9.17, 15) is 14.7 Å². The van der Waals surface area contributed by atoms with E-state index in [2.05, 4.69) is 5.32 Å². The van der Waals surface area contributed by atoms with Gasteiger partial charge in [0.05, 0.1) is 12.0 Å². The molecule has 5 nitrogen and oxygen atoms in total. The van der Waals surface area contributed by atoms with Gasteiger partial charge in [0, 0.05) is 30.5 Å². The normalized spacial score (nSPS) is 35.0. The van der Waals surface area contributed by atoms with Crippen molar-refractivity contribution in [3.63, 3.8) is 0 Å². The molecule has 3 rings (SSSR count). The minimum atomic E-state index is -0.331. The number of rotatable bonds is 3. The van der Waals surface area contributed by atoms with E-state index < -0.39 is 0 Å². The molecule has 3 aliphatic rings. The second kappa shape index (κ2) is 5.27. The molecular weight excluding hydrogens is 268 g/mol. The molecule has 118 valence electrons. The van der Waals surface area contributed by atoms with Gasteiger partial charge in [-0.1, -0.05) is 13.8 Å². The third-order valence-corrected chi connectivity index (χ3v) is 5.56. The molecule has 0 aromatic carbocycles. The number of nitrogens with one attached hydrogen (secondary N) is 1. The lowest BCUT2D eigenvalue weighted by Gasteiger charge is -2.50. The third-order valence-electron chi connectivity index (χ3n) is 5.56. The summed E-state index contributed by atoms with van der Waals surface area (Å²) in [6.07, 6.45) is 4.10. The van der Waals surface area contributed by atoms with Crippen LogP contribution in [-0.2, 0) is 9.59 Å². The Balaban J connectivity index is 1.53. The lowest BCUT2D eigenvalue weighted by atomic mass is 9.64. The molecule has 0 radical (unpaired) electrons. The van der Waals surface area contributed by atoms with Gasteiger partial charge in [-0.15, -0.1) is 0 Å². The van der Waals surface area contributed by atoms with Crippen LogP contribution in [0.5, 0.6) is 0 Å². The van der Waals surface area contributed by atoms with Crippen molar-refractivity contribution in [2.45, 2.75) is 58.1 Å². The number of piperidine rings is 1. The molecule has 0 bridgehead atoms. The van der Waals surface area contributed by atoms with Gasteiger partial charge in [-0.3, -0.25) is 9.59 Å². The smallest absolute Gasteiger partial charge is 0.225 e. The van der Waals surface area contributed by atoms with Crippen LogP contribution in [0.3, 0.4) is 0 Å². The summed E-state index contributed by atoms with van der Waals surface area (Å²) in [5.74, 6) is 0.433. The lowest BCUT2D eigenvalue weighted by molar-refractivity contribution is -0.139. The number of likely N-dealkylation sites (tertiary alicyclic amines) is 1. The summed E-state index contributed by atoms with van der Waals surface area (Å²) in [6, 6.07) is 0.0505. The minimum Gasteiger partial charge on any atom is -0.392 e. The standard InChI is InChI=1S/C16H26N2O3/c1-16(2)12(8-13(16)19)17-14(20)11-4-3-7-18(9-11)15(21)10-5-6-10/h10-13,19H,3-9H2,1-2H3,(H,17,20). The Morgan fingerprint density at radius 3 is 2.48 bits per heavy atom. The second-order valence-corrected chi connectivity index (χ2v) is 7.53. The van der Waals surface area contributed by atoms with Crippen LogP contribution < -0.4 is 5.32 Å². The van der Waals surface area contributed by atoms with Gasteiger partial charge in [0.25, 0.3) is 0 Å². The Morgan fingerprint density at radius 1 is 1.19 bits per heavy atom. The SMILES string of the molecule is CC1(C)C(O)CC1NC(=O)C1CCCN(C(=O)C2CC2)C1. The summed E-state index contributed by atoms with van der Waals surface area (Å²) in [5.41, 5.74) is -0.242. The van der Waals surface area contributed by atoms with E-state index in [1.807, 2.05) is 18.7 Å². The number of carbonyl (C=O) groups is 2. The van der Waals surface area contributed by atoms with Crippen molar-refractivity contribution in [3.8, 4) is 0 Å². The largest absolute Gasteiger partial charge is 0.392 e. The number of carbonyl (C=O) groups excluding carboxylic acids is 2.